The lowest BCUT2D eigenvalue weighted by atomic mass is 10.1. The Morgan fingerprint density at radius 2 is 1.88 bits per heavy atom. The lowest BCUT2D eigenvalue weighted by Gasteiger charge is -2.03. The first-order valence-electron chi connectivity index (χ1n) is 7.05. The Morgan fingerprint density at radius 3 is 2.62 bits per heavy atom. The van der Waals surface area contributed by atoms with Gasteiger partial charge in [0.25, 0.3) is 0 Å². The maximum Gasteiger partial charge on any atom is 0.363 e. The fraction of sp³-hybridized carbons (Fsp3) is 0.0556. The van der Waals surface area contributed by atoms with Crippen molar-refractivity contribution in [1.82, 2.24) is 0 Å². The number of rotatable bonds is 3. The molecule has 2 aromatic carbocycles. The highest BCUT2D eigenvalue weighted by molar-refractivity contribution is 14.1. The molecule has 1 heterocycles. The normalized spacial score (nSPS) is 15.2. The molecule has 5 nitrogen and oxygen atoms in total. The van der Waals surface area contributed by atoms with Crippen LogP contribution in [0.15, 0.2) is 59.2 Å². The van der Waals surface area contributed by atoms with E-state index >= 15 is 0 Å². The number of benzene rings is 2. The summed E-state index contributed by atoms with van der Waals surface area (Å²) in [5, 5.41) is 0. The molecule has 0 unspecified atom stereocenters. The van der Waals surface area contributed by atoms with Crippen LogP contribution in [0.1, 0.15) is 21.5 Å². The van der Waals surface area contributed by atoms with Crippen molar-refractivity contribution in [3.63, 3.8) is 0 Å². The zero-order valence-corrected chi connectivity index (χ0v) is 14.8. The van der Waals surface area contributed by atoms with E-state index in [9.17, 15) is 9.59 Å². The van der Waals surface area contributed by atoms with Gasteiger partial charge in [0, 0.05) is 3.57 Å². The number of carbonyl (C=O) groups excluding carboxylic acids is 2. The average Bonchev–Trinajstić information content (AvgIpc) is 2.95. The highest BCUT2D eigenvalue weighted by atomic mass is 127. The summed E-state index contributed by atoms with van der Waals surface area (Å²) in [6.45, 7) is 0. The Balaban J connectivity index is 2.01. The van der Waals surface area contributed by atoms with Crippen molar-refractivity contribution in [2.75, 3.05) is 7.11 Å². The number of carbonyl (C=O) groups is 2. The molecular formula is C18H12INO4. The third-order valence-corrected chi connectivity index (χ3v) is 4.32. The minimum absolute atomic E-state index is 0.140. The van der Waals surface area contributed by atoms with E-state index in [0.717, 1.165) is 9.13 Å². The Morgan fingerprint density at radius 1 is 1.17 bits per heavy atom. The van der Waals surface area contributed by atoms with Gasteiger partial charge in [0.1, 0.15) is 0 Å². The smallest absolute Gasteiger partial charge is 0.363 e. The molecule has 0 fully saturated rings. The van der Waals surface area contributed by atoms with Crippen molar-refractivity contribution in [1.29, 1.82) is 0 Å². The van der Waals surface area contributed by atoms with Gasteiger partial charge in [0.2, 0.25) is 5.90 Å². The molecular weight excluding hydrogens is 421 g/mol. The Bertz CT molecular complexity index is 886. The summed E-state index contributed by atoms with van der Waals surface area (Å²) < 4.78 is 10.9. The summed E-state index contributed by atoms with van der Waals surface area (Å²) in [6.07, 6.45) is 1.53. The van der Waals surface area contributed by atoms with Crippen LogP contribution in [0.2, 0.25) is 0 Å². The van der Waals surface area contributed by atoms with E-state index in [0.29, 0.717) is 11.1 Å². The molecule has 0 spiro atoms. The van der Waals surface area contributed by atoms with Gasteiger partial charge in [-0.1, -0.05) is 30.3 Å². The predicted molar refractivity (Wildman–Crippen MR) is 97.5 cm³/mol. The quantitative estimate of drug-likeness (QED) is 0.423. The molecule has 0 aromatic heterocycles. The molecule has 0 saturated heterocycles. The van der Waals surface area contributed by atoms with Gasteiger partial charge in [0.15, 0.2) is 5.70 Å². The standard InChI is InChI=1S/C18H12INO4/c1-23-17(21)12-7-3-2-6-11(12)10-15-18(22)24-16(20-15)13-8-4-5-9-14(13)19/h2-10H,1H3/b15-10-. The summed E-state index contributed by atoms with van der Waals surface area (Å²) >= 11 is 2.15. The molecule has 24 heavy (non-hydrogen) atoms. The molecule has 1 aliphatic heterocycles. The molecule has 1 aliphatic rings. The first-order chi connectivity index (χ1) is 11.6. The van der Waals surface area contributed by atoms with Gasteiger partial charge in [-0.2, -0.15) is 0 Å². The number of methoxy groups -OCH3 is 1. The van der Waals surface area contributed by atoms with Gasteiger partial charge in [0.05, 0.1) is 18.2 Å². The van der Waals surface area contributed by atoms with Crippen molar-refractivity contribution in [3.05, 3.63) is 74.5 Å². The predicted octanol–water partition coefficient (Wildman–Crippen LogP) is 3.42. The second kappa shape index (κ2) is 6.96. The topological polar surface area (TPSA) is 65.0 Å². The molecule has 0 bridgehead atoms. The number of ether oxygens (including phenoxy) is 2. The monoisotopic (exact) mass is 433 g/mol. The number of aliphatic imine (C=N–C) groups is 1. The summed E-state index contributed by atoms with van der Waals surface area (Å²) in [5.74, 6) is -0.772. The largest absolute Gasteiger partial charge is 0.465 e. The van der Waals surface area contributed by atoms with Crippen LogP contribution in [-0.4, -0.2) is 24.9 Å². The average molecular weight is 433 g/mol. The van der Waals surface area contributed by atoms with Gasteiger partial charge in [-0.3, -0.25) is 0 Å². The molecule has 2 aromatic rings. The lowest BCUT2D eigenvalue weighted by Crippen LogP contribution is -2.07. The van der Waals surface area contributed by atoms with Crippen LogP contribution < -0.4 is 0 Å². The van der Waals surface area contributed by atoms with E-state index in [-0.39, 0.29) is 11.6 Å². The summed E-state index contributed by atoms with van der Waals surface area (Å²) in [4.78, 5) is 28.2. The van der Waals surface area contributed by atoms with Crippen LogP contribution in [0.5, 0.6) is 0 Å². The minimum atomic E-state index is -0.552. The number of esters is 2. The minimum Gasteiger partial charge on any atom is -0.465 e. The van der Waals surface area contributed by atoms with E-state index in [1.54, 1.807) is 24.3 Å². The van der Waals surface area contributed by atoms with Crippen LogP contribution in [0.25, 0.3) is 6.08 Å². The molecule has 0 aliphatic carbocycles. The second-order valence-corrected chi connectivity index (χ2v) is 6.06. The fourth-order valence-corrected chi connectivity index (χ4v) is 2.84. The number of nitrogens with zero attached hydrogens (tertiary/aromatic N) is 1. The Kier molecular flexibility index (Phi) is 4.75. The molecule has 0 atom stereocenters. The van der Waals surface area contributed by atoms with Crippen LogP contribution in [0.3, 0.4) is 0 Å². The molecule has 0 radical (unpaired) electrons. The first kappa shape index (κ1) is 16.4. The number of hydrogen-bond donors (Lipinski definition) is 0. The fourth-order valence-electron chi connectivity index (χ4n) is 2.23. The maximum absolute atomic E-state index is 12.1. The molecule has 6 heteroatoms. The highest BCUT2D eigenvalue weighted by Crippen LogP contribution is 2.23. The third-order valence-electron chi connectivity index (χ3n) is 3.38. The van der Waals surface area contributed by atoms with E-state index in [2.05, 4.69) is 27.6 Å². The zero-order valence-electron chi connectivity index (χ0n) is 12.7. The van der Waals surface area contributed by atoms with E-state index in [1.807, 2.05) is 24.3 Å². The van der Waals surface area contributed by atoms with Gasteiger partial charge in [-0.15, -0.1) is 0 Å². The lowest BCUT2D eigenvalue weighted by molar-refractivity contribution is -0.129. The second-order valence-electron chi connectivity index (χ2n) is 4.89. The summed E-state index contributed by atoms with van der Waals surface area (Å²) in [6, 6.07) is 14.3. The molecule has 0 amide bonds. The van der Waals surface area contributed by atoms with Gasteiger partial charge < -0.3 is 9.47 Å². The maximum atomic E-state index is 12.1. The molecule has 3 rings (SSSR count). The van der Waals surface area contributed by atoms with Crippen molar-refractivity contribution >= 4 is 46.5 Å². The van der Waals surface area contributed by atoms with Crippen molar-refractivity contribution in [2.24, 2.45) is 4.99 Å². The number of cyclic esters (lactones) is 1. The molecule has 120 valence electrons. The molecule has 0 saturated carbocycles. The Labute approximate surface area is 152 Å². The van der Waals surface area contributed by atoms with Gasteiger partial charge >= 0.3 is 11.9 Å². The highest BCUT2D eigenvalue weighted by Gasteiger charge is 2.25. The van der Waals surface area contributed by atoms with Crippen molar-refractivity contribution in [2.45, 2.75) is 0 Å². The van der Waals surface area contributed by atoms with Gasteiger partial charge in [-0.05, 0) is 52.4 Å². The third kappa shape index (κ3) is 3.23. The van der Waals surface area contributed by atoms with Crippen molar-refractivity contribution < 1.29 is 19.1 Å². The molecule has 0 N–H and O–H groups in total. The van der Waals surface area contributed by atoms with E-state index < -0.39 is 11.9 Å². The van der Waals surface area contributed by atoms with Gasteiger partial charge in [-0.25, -0.2) is 14.6 Å². The van der Waals surface area contributed by atoms with E-state index in [4.69, 9.17) is 9.47 Å². The van der Waals surface area contributed by atoms with Crippen LogP contribution in [0, 0.1) is 3.57 Å². The Hall–Kier alpha value is -2.48. The van der Waals surface area contributed by atoms with Crippen molar-refractivity contribution in [3.8, 4) is 0 Å². The summed E-state index contributed by atoms with van der Waals surface area (Å²) in [7, 11) is 1.31. The first-order valence-corrected chi connectivity index (χ1v) is 8.13. The summed E-state index contributed by atoms with van der Waals surface area (Å²) in [5.41, 5.74) is 1.79. The zero-order chi connectivity index (χ0) is 17.1. The van der Waals surface area contributed by atoms with Crippen LogP contribution in [-0.2, 0) is 14.3 Å². The number of halogens is 1. The van der Waals surface area contributed by atoms with E-state index in [1.165, 1.54) is 13.2 Å². The number of hydrogen-bond acceptors (Lipinski definition) is 5. The van der Waals surface area contributed by atoms with Crippen LogP contribution >= 0.6 is 22.6 Å². The van der Waals surface area contributed by atoms with Crippen LogP contribution in [0.4, 0.5) is 0 Å². The SMILES string of the molecule is COC(=O)c1ccccc1/C=C1\N=C(c2ccccc2I)OC1=O.